The summed E-state index contributed by atoms with van der Waals surface area (Å²) in [6, 6.07) is 19.7. The van der Waals surface area contributed by atoms with Crippen molar-refractivity contribution < 1.29 is 38.1 Å². The number of piperidine rings is 2. The fourth-order valence-corrected chi connectivity index (χ4v) is 6.03. The Balaban J connectivity index is 0.000000260. The van der Waals surface area contributed by atoms with Gasteiger partial charge in [0.15, 0.2) is 0 Å². The molecule has 0 saturated carbocycles. The van der Waals surface area contributed by atoms with E-state index in [4.69, 9.17) is 18.9 Å². The van der Waals surface area contributed by atoms with E-state index < -0.39 is 11.2 Å². The van der Waals surface area contributed by atoms with Crippen LogP contribution in [-0.4, -0.2) is 84.5 Å². The minimum Gasteiger partial charge on any atom is -0.466 e. The molecule has 2 aromatic carbocycles. The molecule has 0 unspecified atom stereocenters. The van der Waals surface area contributed by atoms with Crippen LogP contribution in [0.4, 0.5) is 9.59 Å². The molecule has 2 amide bonds. The van der Waals surface area contributed by atoms with Crippen LogP contribution in [0.2, 0.25) is 0 Å². The Morgan fingerprint density at radius 1 is 0.604 bits per heavy atom. The van der Waals surface area contributed by atoms with E-state index in [9.17, 15) is 19.2 Å². The van der Waals surface area contributed by atoms with Crippen molar-refractivity contribution in [1.82, 2.24) is 9.80 Å². The van der Waals surface area contributed by atoms with Gasteiger partial charge in [-0.3, -0.25) is 9.59 Å². The van der Waals surface area contributed by atoms with Crippen LogP contribution in [0.1, 0.15) is 91.2 Å². The summed E-state index contributed by atoms with van der Waals surface area (Å²) in [5.41, 5.74) is 1.03. The van der Waals surface area contributed by atoms with Gasteiger partial charge in [-0.15, -0.1) is 0 Å². The lowest BCUT2D eigenvalue weighted by atomic mass is 9.81. The molecule has 2 fully saturated rings. The molecule has 2 saturated heterocycles. The maximum atomic E-state index is 12.4. The van der Waals surface area contributed by atoms with E-state index in [2.05, 4.69) is 0 Å². The van der Waals surface area contributed by atoms with Crippen LogP contribution in [-0.2, 0) is 28.5 Å². The van der Waals surface area contributed by atoms with Gasteiger partial charge in [0.05, 0.1) is 25.0 Å². The van der Waals surface area contributed by atoms with E-state index in [1.807, 2.05) is 116 Å². The highest BCUT2D eigenvalue weighted by atomic mass is 16.6. The number of carbonyl (C=O) groups excluding carboxylic acids is 4. The molecule has 0 bridgehead atoms. The predicted octanol–water partition coefficient (Wildman–Crippen LogP) is 7.18. The highest BCUT2D eigenvalue weighted by Gasteiger charge is 2.40. The van der Waals surface area contributed by atoms with E-state index in [1.54, 1.807) is 9.80 Å². The molecule has 4 atom stereocenters. The second-order valence-corrected chi connectivity index (χ2v) is 14.2. The number of benzene rings is 2. The molecule has 48 heavy (non-hydrogen) atoms. The van der Waals surface area contributed by atoms with Crippen molar-refractivity contribution in [3.05, 3.63) is 71.8 Å². The molecular formula is C38H54N2O8. The fourth-order valence-electron chi connectivity index (χ4n) is 6.03. The molecule has 4 rings (SSSR count). The zero-order valence-corrected chi connectivity index (χ0v) is 29.9. The van der Waals surface area contributed by atoms with Gasteiger partial charge in [-0.05, 0) is 79.4 Å². The molecule has 0 aromatic heterocycles. The summed E-state index contributed by atoms with van der Waals surface area (Å²) in [6.07, 6.45) is 0.506. The quantitative estimate of drug-likeness (QED) is 0.236. The Labute approximate surface area is 286 Å². The molecule has 2 aliphatic heterocycles. The first-order chi connectivity index (χ1) is 22.6. The van der Waals surface area contributed by atoms with Crippen LogP contribution in [0.3, 0.4) is 0 Å². The summed E-state index contributed by atoms with van der Waals surface area (Å²) < 4.78 is 21.4. The first-order valence-electron chi connectivity index (χ1n) is 17.0. The Morgan fingerprint density at radius 3 is 1.23 bits per heavy atom. The van der Waals surface area contributed by atoms with Crippen molar-refractivity contribution in [3.8, 4) is 0 Å². The average Bonchev–Trinajstić information content (AvgIpc) is 3.04. The number of nitrogens with zero attached hydrogens (tertiary/aromatic N) is 2. The Hall–Kier alpha value is -4.08. The van der Waals surface area contributed by atoms with Crippen molar-refractivity contribution in [2.45, 2.75) is 91.3 Å². The van der Waals surface area contributed by atoms with E-state index in [0.29, 0.717) is 52.2 Å². The third kappa shape index (κ3) is 11.6. The number of hydrogen-bond acceptors (Lipinski definition) is 8. The van der Waals surface area contributed by atoms with Gasteiger partial charge in [0.1, 0.15) is 11.2 Å². The minimum atomic E-state index is -0.530. The Bertz CT molecular complexity index is 1230. The second-order valence-electron chi connectivity index (χ2n) is 14.2. The zero-order valence-electron chi connectivity index (χ0n) is 29.9. The first-order valence-corrected chi connectivity index (χ1v) is 17.0. The SMILES string of the molecule is CCOC(=O)[C@@H]1CCN(C(=O)OC(C)(C)C)C[C@@H]1c1ccccc1.CCOC(=O)[C@H]1CCN(C(=O)OC(C)(C)C)C[C@H]1c1ccccc1. The smallest absolute Gasteiger partial charge is 0.410 e. The van der Waals surface area contributed by atoms with Crippen molar-refractivity contribution >= 4 is 24.1 Å². The topological polar surface area (TPSA) is 112 Å². The molecule has 0 aliphatic carbocycles. The lowest BCUT2D eigenvalue weighted by Gasteiger charge is -2.38. The average molecular weight is 667 g/mol. The van der Waals surface area contributed by atoms with Crippen LogP contribution in [0.5, 0.6) is 0 Å². The number of carbonyl (C=O) groups is 4. The van der Waals surface area contributed by atoms with Crippen LogP contribution in [0.25, 0.3) is 0 Å². The summed E-state index contributed by atoms with van der Waals surface area (Å²) in [7, 11) is 0. The number of esters is 2. The van der Waals surface area contributed by atoms with Gasteiger partial charge in [0, 0.05) is 38.0 Å². The number of likely N-dealkylation sites (tertiary alicyclic amines) is 2. The van der Waals surface area contributed by atoms with Crippen molar-refractivity contribution in [3.63, 3.8) is 0 Å². The highest BCUT2D eigenvalue weighted by Crippen LogP contribution is 2.35. The van der Waals surface area contributed by atoms with Gasteiger partial charge in [0.25, 0.3) is 0 Å². The Kier molecular flexibility index (Phi) is 13.9. The summed E-state index contributed by atoms with van der Waals surface area (Å²) >= 11 is 0. The minimum absolute atomic E-state index is 0.0773. The predicted molar refractivity (Wildman–Crippen MR) is 183 cm³/mol. The molecule has 2 aromatic rings. The zero-order chi connectivity index (χ0) is 35.5. The third-order valence-corrected chi connectivity index (χ3v) is 8.16. The van der Waals surface area contributed by atoms with E-state index in [0.717, 1.165) is 11.1 Å². The molecular weight excluding hydrogens is 612 g/mol. The molecule has 0 spiro atoms. The van der Waals surface area contributed by atoms with Crippen LogP contribution in [0, 0.1) is 11.8 Å². The number of ether oxygens (including phenoxy) is 4. The van der Waals surface area contributed by atoms with Gasteiger partial charge in [-0.25, -0.2) is 9.59 Å². The van der Waals surface area contributed by atoms with Crippen LogP contribution >= 0.6 is 0 Å². The second kappa shape index (κ2) is 17.4. The maximum Gasteiger partial charge on any atom is 0.410 e. The van der Waals surface area contributed by atoms with Gasteiger partial charge < -0.3 is 28.7 Å². The molecule has 0 radical (unpaired) electrons. The standard InChI is InChI=1S/2C19H27NO4/c2*1-5-23-17(21)15-11-12-20(18(22)24-19(2,3)4)13-16(15)14-9-7-6-8-10-14/h2*6-10,15-16H,5,11-13H2,1-4H3/t2*15-,16-/m10/s1. The van der Waals surface area contributed by atoms with Crippen LogP contribution in [0.15, 0.2) is 60.7 Å². The monoisotopic (exact) mass is 666 g/mol. The maximum absolute atomic E-state index is 12.4. The number of rotatable bonds is 6. The lowest BCUT2D eigenvalue weighted by Crippen LogP contribution is -2.47. The fraction of sp³-hybridized carbons (Fsp3) is 0.579. The molecule has 10 heteroatoms. The lowest BCUT2D eigenvalue weighted by molar-refractivity contribution is -0.151. The van der Waals surface area contributed by atoms with E-state index >= 15 is 0 Å². The summed E-state index contributed by atoms with van der Waals surface area (Å²) in [6.45, 7) is 17.4. The summed E-state index contributed by atoms with van der Waals surface area (Å²) in [4.78, 5) is 52.8. The van der Waals surface area contributed by atoms with Crippen molar-refractivity contribution in [2.24, 2.45) is 11.8 Å². The van der Waals surface area contributed by atoms with E-state index in [1.165, 1.54) is 0 Å². The van der Waals surface area contributed by atoms with Gasteiger partial charge in [-0.1, -0.05) is 60.7 Å². The Morgan fingerprint density at radius 2 is 0.938 bits per heavy atom. The normalized spacial score (nSPS) is 21.2. The first kappa shape index (κ1) is 38.4. The number of hydrogen-bond donors (Lipinski definition) is 0. The molecule has 2 heterocycles. The van der Waals surface area contributed by atoms with Gasteiger partial charge in [-0.2, -0.15) is 0 Å². The summed E-state index contributed by atoms with van der Waals surface area (Å²) in [5, 5.41) is 0. The van der Waals surface area contributed by atoms with Gasteiger partial charge in [0.2, 0.25) is 0 Å². The highest BCUT2D eigenvalue weighted by molar-refractivity contribution is 5.76. The molecule has 2 aliphatic rings. The van der Waals surface area contributed by atoms with E-state index in [-0.39, 0.29) is 47.8 Å². The largest absolute Gasteiger partial charge is 0.466 e. The molecule has 0 N–H and O–H groups in total. The number of amides is 2. The van der Waals surface area contributed by atoms with Gasteiger partial charge >= 0.3 is 24.1 Å². The van der Waals surface area contributed by atoms with Crippen LogP contribution < -0.4 is 0 Å². The molecule has 264 valence electrons. The molecule has 10 nitrogen and oxygen atoms in total. The van der Waals surface area contributed by atoms with Crippen molar-refractivity contribution in [2.75, 3.05) is 39.4 Å². The summed E-state index contributed by atoms with van der Waals surface area (Å²) in [5.74, 6) is -0.986. The van der Waals surface area contributed by atoms with Crippen molar-refractivity contribution in [1.29, 1.82) is 0 Å². The third-order valence-electron chi connectivity index (χ3n) is 8.16.